The van der Waals surface area contributed by atoms with E-state index in [2.05, 4.69) is 56.5 Å². The monoisotopic (exact) mass is 274 g/mol. The molecular formula is C17H26N2O. The van der Waals surface area contributed by atoms with Crippen LogP contribution in [0.15, 0.2) is 18.2 Å². The van der Waals surface area contributed by atoms with Gasteiger partial charge < -0.3 is 10.6 Å². The van der Waals surface area contributed by atoms with E-state index in [1.54, 1.807) is 0 Å². The lowest BCUT2D eigenvalue weighted by atomic mass is 9.87. The Balaban J connectivity index is 2.18. The molecule has 0 radical (unpaired) electrons. The summed E-state index contributed by atoms with van der Waals surface area (Å²) in [7, 11) is 0. The molecule has 2 N–H and O–H groups in total. The molecular weight excluding hydrogens is 248 g/mol. The van der Waals surface area contributed by atoms with Crippen LogP contribution in [0, 0.1) is 5.92 Å². The van der Waals surface area contributed by atoms with Crippen molar-refractivity contribution in [1.29, 1.82) is 0 Å². The van der Waals surface area contributed by atoms with Gasteiger partial charge in [0.25, 0.3) is 0 Å². The number of amides is 1. The molecule has 1 atom stereocenters. The van der Waals surface area contributed by atoms with Crippen molar-refractivity contribution in [3.05, 3.63) is 34.9 Å². The van der Waals surface area contributed by atoms with E-state index >= 15 is 0 Å². The summed E-state index contributed by atoms with van der Waals surface area (Å²) in [4.78, 5) is 12.3. The van der Waals surface area contributed by atoms with Gasteiger partial charge in [-0.05, 0) is 28.5 Å². The molecule has 1 aromatic carbocycles. The maximum atomic E-state index is 12.3. The fourth-order valence-corrected chi connectivity index (χ4v) is 2.60. The van der Waals surface area contributed by atoms with Crippen molar-refractivity contribution in [1.82, 2.24) is 10.6 Å². The third-order valence-corrected chi connectivity index (χ3v) is 3.87. The average Bonchev–Trinajstić information content (AvgIpc) is 2.43. The zero-order valence-electron chi connectivity index (χ0n) is 13.0. The Bertz CT molecular complexity index is 480. The Morgan fingerprint density at radius 2 is 2.10 bits per heavy atom. The molecule has 0 spiro atoms. The lowest BCUT2D eigenvalue weighted by Gasteiger charge is -2.27. The summed E-state index contributed by atoms with van der Waals surface area (Å²) in [5.74, 6) is 1.09. The number of rotatable bonds is 4. The van der Waals surface area contributed by atoms with E-state index in [1.807, 2.05) is 0 Å². The predicted octanol–water partition coefficient (Wildman–Crippen LogP) is 2.77. The number of hydrogen-bond acceptors (Lipinski definition) is 2. The minimum Gasteiger partial charge on any atom is -0.355 e. The predicted molar refractivity (Wildman–Crippen MR) is 82.8 cm³/mol. The summed E-state index contributed by atoms with van der Waals surface area (Å²) in [6.45, 7) is 11.0. The highest BCUT2D eigenvalue weighted by Crippen LogP contribution is 2.27. The minimum atomic E-state index is -0.0567. The van der Waals surface area contributed by atoms with Crippen molar-refractivity contribution in [3.8, 4) is 0 Å². The van der Waals surface area contributed by atoms with E-state index in [4.69, 9.17) is 0 Å². The number of fused-ring (bicyclic) bond motifs is 1. The SMILES string of the molecule is CC(C)CNC(=O)C1CNCc2cc(C(C)C)ccc21. The largest absolute Gasteiger partial charge is 0.355 e. The molecule has 0 aliphatic carbocycles. The van der Waals surface area contributed by atoms with Gasteiger partial charge in [0, 0.05) is 19.6 Å². The molecule has 1 aromatic rings. The number of nitrogens with one attached hydrogen (secondary N) is 2. The van der Waals surface area contributed by atoms with E-state index in [1.165, 1.54) is 16.7 Å². The van der Waals surface area contributed by atoms with E-state index in [0.29, 0.717) is 11.8 Å². The molecule has 0 bridgehead atoms. The first-order chi connectivity index (χ1) is 9.49. The molecule has 1 aliphatic heterocycles. The Morgan fingerprint density at radius 1 is 1.35 bits per heavy atom. The van der Waals surface area contributed by atoms with Crippen LogP contribution >= 0.6 is 0 Å². The summed E-state index contributed by atoms with van der Waals surface area (Å²) in [5.41, 5.74) is 3.80. The zero-order valence-corrected chi connectivity index (χ0v) is 13.0. The molecule has 2 rings (SSSR count). The van der Waals surface area contributed by atoms with Gasteiger partial charge in [0.2, 0.25) is 5.91 Å². The molecule has 1 aliphatic rings. The van der Waals surface area contributed by atoms with Crippen molar-refractivity contribution in [2.45, 2.75) is 46.1 Å². The number of carbonyl (C=O) groups excluding carboxylic acids is 1. The molecule has 0 fully saturated rings. The Kier molecular flexibility index (Phi) is 4.81. The van der Waals surface area contributed by atoms with E-state index in [9.17, 15) is 4.79 Å². The van der Waals surface area contributed by atoms with Crippen LogP contribution in [0.1, 0.15) is 56.2 Å². The molecule has 3 nitrogen and oxygen atoms in total. The lowest BCUT2D eigenvalue weighted by Crippen LogP contribution is -2.40. The van der Waals surface area contributed by atoms with Crippen LogP contribution in [-0.2, 0) is 11.3 Å². The van der Waals surface area contributed by atoms with Gasteiger partial charge in [-0.3, -0.25) is 4.79 Å². The zero-order chi connectivity index (χ0) is 14.7. The Hall–Kier alpha value is -1.35. The van der Waals surface area contributed by atoms with Gasteiger partial charge in [-0.1, -0.05) is 45.9 Å². The summed E-state index contributed by atoms with van der Waals surface area (Å²) in [5, 5.41) is 6.42. The topological polar surface area (TPSA) is 41.1 Å². The van der Waals surface area contributed by atoms with Crippen molar-refractivity contribution in [2.75, 3.05) is 13.1 Å². The smallest absolute Gasteiger partial charge is 0.228 e. The van der Waals surface area contributed by atoms with Crippen LogP contribution in [0.5, 0.6) is 0 Å². The second kappa shape index (κ2) is 6.40. The first-order valence-electron chi connectivity index (χ1n) is 7.60. The molecule has 1 unspecified atom stereocenters. The van der Waals surface area contributed by atoms with Gasteiger partial charge in [-0.25, -0.2) is 0 Å². The van der Waals surface area contributed by atoms with Crippen LogP contribution in [0.4, 0.5) is 0 Å². The standard InChI is InChI=1S/C17H26N2O/c1-11(2)8-19-17(20)16-10-18-9-14-7-13(12(3)4)5-6-15(14)16/h5-7,11-12,16,18H,8-10H2,1-4H3,(H,19,20). The van der Waals surface area contributed by atoms with Crippen LogP contribution in [0.25, 0.3) is 0 Å². The summed E-state index contributed by atoms with van der Waals surface area (Å²) in [6.07, 6.45) is 0. The van der Waals surface area contributed by atoms with Crippen molar-refractivity contribution < 1.29 is 4.79 Å². The number of hydrogen-bond donors (Lipinski definition) is 2. The van der Waals surface area contributed by atoms with E-state index < -0.39 is 0 Å². The molecule has 20 heavy (non-hydrogen) atoms. The van der Waals surface area contributed by atoms with Gasteiger partial charge >= 0.3 is 0 Å². The second-order valence-electron chi connectivity index (χ2n) is 6.44. The first-order valence-corrected chi connectivity index (χ1v) is 7.60. The number of carbonyl (C=O) groups is 1. The van der Waals surface area contributed by atoms with Crippen LogP contribution in [0.3, 0.4) is 0 Å². The third-order valence-electron chi connectivity index (χ3n) is 3.87. The Labute approximate surface area is 122 Å². The van der Waals surface area contributed by atoms with Crippen LogP contribution < -0.4 is 10.6 Å². The third kappa shape index (κ3) is 3.40. The molecule has 0 aromatic heterocycles. The van der Waals surface area contributed by atoms with Crippen LogP contribution in [0.2, 0.25) is 0 Å². The summed E-state index contributed by atoms with van der Waals surface area (Å²) < 4.78 is 0. The highest BCUT2D eigenvalue weighted by molar-refractivity contribution is 5.84. The fraction of sp³-hybridized carbons (Fsp3) is 0.588. The average molecular weight is 274 g/mol. The van der Waals surface area contributed by atoms with Gasteiger partial charge in [0.1, 0.15) is 0 Å². The normalized spacial score (nSPS) is 18.2. The van der Waals surface area contributed by atoms with Gasteiger partial charge in [-0.2, -0.15) is 0 Å². The van der Waals surface area contributed by atoms with Crippen molar-refractivity contribution in [2.24, 2.45) is 5.92 Å². The van der Waals surface area contributed by atoms with Crippen molar-refractivity contribution >= 4 is 5.91 Å². The quantitative estimate of drug-likeness (QED) is 0.886. The summed E-state index contributed by atoms with van der Waals surface area (Å²) in [6, 6.07) is 6.55. The molecule has 3 heteroatoms. The minimum absolute atomic E-state index is 0.0567. The fourth-order valence-electron chi connectivity index (χ4n) is 2.60. The lowest BCUT2D eigenvalue weighted by molar-refractivity contribution is -0.122. The molecule has 1 heterocycles. The first kappa shape index (κ1) is 15.0. The van der Waals surface area contributed by atoms with Gasteiger partial charge in [0.15, 0.2) is 0 Å². The second-order valence-corrected chi connectivity index (χ2v) is 6.44. The van der Waals surface area contributed by atoms with E-state index in [0.717, 1.165) is 19.6 Å². The molecule has 1 amide bonds. The highest BCUT2D eigenvalue weighted by Gasteiger charge is 2.26. The Morgan fingerprint density at radius 3 is 2.75 bits per heavy atom. The maximum Gasteiger partial charge on any atom is 0.228 e. The summed E-state index contributed by atoms with van der Waals surface area (Å²) >= 11 is 0. The molecule has 110 valence electrons. The van der Waals surface area contributed by atoms with E-state index in [-0.39, 0.29) is 11.8 Å². The van der Waals surface area contributed by atoms with Crippen molar-refractivity contribution in [3.63, 3.8) is 0 Å². The maximum absolute atomic E-state index is 12.3. The highest BCUT2D eigenvalue weighted by atomic mass is 16.1. The van der Waals surface area contributed by atoms with Gasteiger partial charge in [0.05, 0.1) is 5.92 Å². The number of benzene rings is 1. The van der Waals surface area contributed by atoms with Crippen LogP contribution in [-0.4, -0.2) is 19.0 Å². The molecule has 0 saturated carbocycles. The molecule has 0 saturated heterocycles. The van der Waals surface area contributed by atoms with Gasteiger partial charge in [-0.15, -0.1) is 0 Å².